The van der Waals surface area contributed by atoms with E-state index in [1.807, 2.05) is 20.8 Å². The summed E-state index contributed by atoms with van der Waals surface area (Å²) in [6.07, 6.45) is -0.344. The predicted octanol–water partition coefficient (Wildman–Crippen LogP) is 1.35. The summed E-state index contributed by atoms with van der Waals surface area (Å²) in [5.74, 6) is -0.291. The number of quaternary nitrogens is 1. The molecule has 7 heteroatoms. The normalized spacial score (nSPS) is 14.3. The standard InChI is InChI=1S/C14H21N3O4/c1-9(21-14(2,3)4)12(15)13(18)16-10-5-7-11(8-6-10)17(19)20/h5-9,12H,15H2,1-4H3,(H,16,18)/p+1/t9-,12+/m1/s1. The van der Waals surface area contributed by atoms with Gasteiger partial charge in [-0.25, -0.2) is 0 Å². The average molecular weight is 296 g/mol. The van der Waals surface area contributed by atoms with Crippen LogP contribution in [-0.2, 0) is 9.53 Å². The van der Waals surface area contributed by atoms with E-state index in [1.165, 1.54) is 24.3 Å². The van der Waals surface area contributed by atoms with E-state index < -0.39 is 11.0 Å². The van der Waals surface area contributed by atoms with E-state index >= 15 is 0 Å². The minimum atomic E-state index is -0.584. The number of benzene rings is 1. The van der Waals surface area contributed by atoms with Gasteiger partial charge in [0.05, 0.1) is 10.5 Å². The Hall–Kier alpha value is -1.99. The smallest absolute Gasteiger partial charge is 0.285 e. The number of anilines is 1. The highest BCUT2D eigenvalue weighted by Gasteiger charge is 2.29. The van der Waals surface area contributed by atoms with Crippen molar-refractivity contribution >= 4 is 17.3 Å². The molecule has 0 saturated heterocycles. The molecule has 2 atom stereocenters. The molecular weight excluding hydrogens is 274 g/mol. The number of rotatable bonds is 5. The minimum absolute atomic E-state index is 0.0244. The van der Waals surface area contributed by atoms with Crippen molar-refractivity contribution in [1.82, 2.24) is 0 Å². The maximum Gasteiger partial charge on any atom is 0.285 e. The molecule has 0 aromatic heterocycles. The highest BCUT2D eigenvalue weighted by molar-refractivity contribution is 5.94. The molecule has 21 heavy (non-hydrogen) atoms. The van der Waals surface area contributed by atoms with Crippen LogP contribution < -0.4 is 11.1 Å². The number of non-ortho nitro benzene ring substituents is 1. The molecule has 0 unspecified atom stereocenters. The zero-order valence-corrected chi connectivity index (χ0v) is 12.8. The number of carbonyl (C=O) groups excluding carboxylic acids is 1. The van der Waals surface area contributed by atoms with Crippen molar-refractivity contribution in [3.05, 3.63) is 34.4 Å². The van der Waals surface area contributed by atoms with Crippen LogP contribution in [0.15, 0.2) is 24.3 Å². The molecule has 116 valence electrons. The lowest BCUT2D eigenvalue weighted by atomic mass is 10.1. The SMILES string of the molecule is C[C@@H](OC(C)(C)C)[C@H]([NH3+])C(=O)Nc1ccc([N+](=O)[O-])cc1. The van der Waals surface area contributed by atoms with Crippen LogP contribution in [-0.4, -0.2) is 28.6 Å². The molecule has 0 aliphatic heterocycles. The van der Waals surface area contributed by atoms with E-state index in [4.69, 9.17) is 4.74 Å². The van der Waals surface area contributed by atoms with Crippen LogP contribution in [0.1, 0.15) is 27.7 Å². The molecule has 1 aromatic carbocycles. The van der Waals surface area contributed by atoms with Crippen molar-refractivity contribution < 1.29 is 20.2 Å². The molecule has 0 saturated carbocycles. The van der Waals surface area contributed by atoms with E-state index in [-0.39, 0.29) is 23.3 Å². The third kappa shape index (κ3) is 5.49. The molecule has 0 heterocycles. The Labute approximate surface area is 123 Å². The third-order valence-corrected chi connectivity index (χ3v) is 2.79. The van der Waals surface area contributed by atoms with Gasteiger partial charge in [-0.1, -0.05) is 0 Å². The number of nitrogens with one attached hydrogen (secondary N) is 1. The van der Waals surface area contributed by atoms with Gasteiger partial charge in [-0.05, 0) is 39.8 Å². The number of hydrogen-bond donors (Lipinski definition) is 2. The summed E-state index contributed by atoms with van der Waals surface area (Å²) in [5, 5.41) is 13.2. The molecule has 0 aliphatic rings. The maximum absolute atomic E-state index is 12.1. The number of ether oxygens (including phenoxy) is 1. The number of nitro benzene ring substituents is 1. The summed E-state index contributed by atoms with van der Waals surface area (Å²) < 4.78 is 5.70. The molecule has 0 bridgehead atoms. The van der Waals surface area contributed by atoms with Crippen LogP contribution >= 0.6 is 0 Å². The third-order valence-electron chi connectivity index (χ3n) is 2.79. The second-order valence-electron chi connectivity index (χ2n) is 5.84. The lowest BCUT2D eigenvalue weighted by Crippen LogP contribution is -2.71. The zero-order valence-electron chi connectivity index (χ0n) is 12.8. The van der Waals surface area contributed by atoms with Gasteiger partial charge in [0.1, 0.15) is 6.10 Å². The second kappa shape index (κ2) is 6.64. The van der Waals surface area contributed by atoms with Crippen LogP contribution in [0, 0.1) is 10.1 Å². The fourth-order valence-electron chi connectivity index (χ4n) is 1.75. The first-order valence-corrected chi connectivity index (χ1v) is 6.66. The molecule has 7 nitrogen and oxygen atoms in total. The maximum atomic E-state index is 12.1. The Morgan fingerprint density at radius 2 is 1.86 bits per heavy atom. The fourth-order valence-corrected chi connectivity index (χ4v) is 1.75. The Bertz CT molecular complexity index is 508. The van der Waals surface area contributed by atoms with Gasteiger partial charge in [0, 0.05) is 17.8 Å². The van der Waals surface area contributed by atoms with E-state index in [0.717, 1.165) is 0 Å². The summed E-state index contributed by atoms with van der Waals surface area (Å²) in [6.45, 7) is 7.51. The van der Waals surface area contributed by atoms with Gasteiger partial charge in [-0.15, -0.1) is 0 Å². The Morgan fingerprint density at radius 3 is 2.29 bits per heavy atom. The van der Waals surface area contributed by atoms with Crippen molar-refractivity contribution in [2.24, 2.45) is 0 Å². The summed E-state index contributed by atoms with van der Waals surface area (Å²) in [4.78, 5) is 22.1. The predicted molar refractivity (Wildman–Crippen MR) is 78.7 cm³/mol. The number of hydrogen-bond acceptors (Lipinski definition) is 4. The van der Waals surface area contributed by atoms with E-state index in [9.17, 15) is 14.9 Å². The minimum Gasteiger partial charge on any atom is -0.366 e. The van der Waals surface area contributed by atoms with E-state index in [0.29, 0.717) is 5.69 Å². The van der Waals surface area contributed by atoms with Crippen LogP contribution in [0.2, 0.25) is 0 Å². The fraction of sp³-hybridized carbons (Fsp3) is 0.500. The van der Waals surface area contributed by atoms with Crippen LogP contribution in [0.25, 0.3) is 0 Å². The van der Waals surface area contributed by atoms with Gasteiger partial charge in [-0.2, -0.15) is 0 Å². The van der Waals surface area contributed by atoms with Crippen LogP contribution in [0.4, 0.5) is 11.4 Å². The van der Waals surface area contributed by atoms with Crippen molar-refractivity contribution in [3.63, 3.8) is 0 Å². The lowest BCUT2D eigenvalue weighted by molar-refractivity contribution is -0.424. The first-order chi connectivity index (χ1) is 9.60. The van der Waals surface area contributed by atoms with Gasteiger partial charge < -0.3 is 15.8 Å². The van der Waals surface area contributed by atoms with Crippen LogP contribution in [0.5, 0.6) is 0 Å². The first kappa shape index (κ1) is 17.1. The molecule has 0 aliphatic carbocycles. The number of carbonyl (C=O) groups is 1. The van der Waals surface area contributed by atoms with Crippen molar-refractivity contribution in [1.29, 1.82) is 0 Å². The topological polar surface area (TPSA) is 109 Å². The quantitative estimate of drug-likeness (QED) is 0.631. The highest BCUT2D eigenvalue weighted by Crippen LogP contribution is 2.16. The molecule has 0 spiro atoms. The molecular formula is C14H22N3O4+. The molecule has 1 aromatic rings. The zero-order chi connectivity index (χ0) is 16.2. The summed E-state index contributed by atoms with van der Waals surface area (Å²) >= 11 is 0. The van der Waals surface area contributed by atoms with Crippen molar-refractivity contribution in [2.45, 2.75) is 45.4 Å². The van der Waals surface area contributed by atoms with Gasteiger partial charge in [0.15, 0.2) is 6.04 Å². The van der Waals surface area contributed by atoms with E-state index in [2.05, 4.69) is 11.1 Å². The Balaban J connectivity index is 2.65. The van der Waals surface area contributed by atoms with Crippen molar-refractivity contribution in [2.75, 3.05) is 5.32 Å². The Kier molecular flexibility index (Phi) is 5.40. The number of nitrogens with zero attached hydrogens (tertiary/aromatic N) is 1. The summed E-state index contributed by atoms with van der Waals surface area (Å²) in [5.41, 5.74) is 3.92. The Morgan fingerprint density at radius 1 is 1.33 bits per heavy atom. The monoisotopic (exact) mass is 296 g/mol. The van der Waals surface area contributed by atoms with E-state index in [1.54, 1.807) is 6.92 Å². The van der Waals surface area contributed by atoms with Gasteiger partial charge in [0.25, 0.3) is 11.6 Å². The van der Waals surface area contributed by atoms with Gasteiger partial charge in [-0.3, -0.25) is 14.9 Å². The molecule has 4 N–H and O–H groups in total. The molecule has 0 radical (unpaired) electrons. The second-order valence-corrected chi connectivity index (χ2v) is 5.84. The summed E-state index contributed by atoms with van der Waals surface area (Å²) in [6, 6.07) is 5.06. The first-order valence-electron chi connectivity index (χ1n) is 6.66. The lowest BCUT2D eigenvalue weighted by Gasteiger charge is -2.26. The molecule has 1 rings (SSSR count). The number of amides is 1. The summed E-state index contributed by atoms with van der Waals surface area (Å²) in [7, 11) is 0. The highest BCUT2D eigenvalue weighted by atomic mass is 16.6. The van der Waals surface area contributed by atoms with Crippen LogP contribution in [0.3, 0.4) is 0 Å². The molecule has 1 amide bonds. The number of nitro groups is 1. The molecule has 0 fully saturated rings. The average Bonchev–Trinajstić information content (AvgIpc) is 2.36. The largest absolute Gasteiger partial charge is 0.366 e. The van der Waals surface area contributed by atoms with Gasteiger partial charge in [0.2, 0.25) is 0 Å². The van der Waals surface area contributed by atoms with Gasteiger partial charge >= 0.3 is 0 Å². The van der Waals surface area contributed by atoms with Crippen molar-refractivity contribution in [3.8, 4) is 0 Å².